The van der Waals surface area contributed by atoms with E-state index in [1.807, 2.05) is 30.3 Å². The van der Waals surface area contributed by atoms with Crippen LogP contribution in [0.1, 0.15) is 12.8 Å². The molecule has 1 fully saturated rings. The summed E-state index contributed by atoms with van der Waals surface area (Å²) in [4.78, 5) is 29.0. The van der Waals surface area contributed by atoms with Crippen LogP contribution >= 0.6 is 0 Å². The molecule has 0 radical (unpaired) electrons. The molecule has 2 aromatic rings. The van der Waals surface area contributed by atoms with Crippen molar-refractivity contribution in [2.45, 2.75) is 25.4 Å². The Balaban J connectivity index is 1.70. The molecule has 0 aliphatic carbocycles. The number of carboxylic acids is 1. The molecule has 1 aromatic heterocycles. The summed E-state index contributed by atoms with van der Waals surface area (Å²) in [7, 11) is 0. The van der Waals surface area contributed by atoms with Crippen molar-refractivity contribution >= 4 is 11.9 Å². The van der Waals surface area contributed by atoms with Crippen molar-refractivity contribution in [2.24, 2.45) is 0 Å². The normalized spacial score (nSPS) is 17.6. The Morgan fingerprint density at radius 2 is 2.05 bits per heavy atom. The smallest absolute Gasteiger partial charge is 0.326 e. The average molecular weight is 300 g/mol. The molecule has 1 atom stereocenters. The predicted molar refractivity (Wildman–Crippen MR) is 77.8 cm³/mol. The van der Waals surface area contributed by atoms with Gasteiger partial charge in [0.05, 0.1) is 0 Å². The summed E-state index contributed by atoms with van der Waals surface area (Å²) in [6.07, 6.45) is 2.72. The highest BCUT2D eigenvalue weighted by atomic mass is 16.4. The number of carboxylic acid groups (broad SMARTS) is 1. The lowest BCUT2D eigenvalue weighted by Gasteiger charge is -2.21. The number of amides is 1. The quantitative estimate of drug-likeness (QED) is 0.910. The minimum atomic E-state index is -0.950. The third kappa shape index (κ3) is 2.83. The zero-order valence-corrected chi connectivity index (χ0v) is 11.9. The molecule has 1 aliphatic rings. The largest absolute Gasteiger partial charge is 0.480 e. The highest BCUT2D eigenvalue weighted by Crippen LogP contribution is 2.18. The second kappa shape index (κ2) is 5.97. The highest BCUT2D eigenvalue weighted by molar-refractivity contribution is 5.84. The van der Waals surface area contributed by atoms with E-state index < -0.39 is 12.0 Å². The first-order valence-corrected chi connectivity index (χ1v) is 7.12. The van der Waals surface area contributed by atoms with Gasteiger partial charge in [-0.05, 0) is 12.8 Å². The molecule has 0 spiro atoms. The second-order valence-electron chi connectivity index (χ2n) is 5.22. The first-order chi connectivity index (χ1) is 10.6. The van der Waals surface area contributed by atoms with Gasteiger partial charge in [0.15, 0.2) is 5.82 Å². The van der Waals surface area contributed by atoms with Crippen LogP contribution in [0.25, 0.3) is 11.4 Å². The molecule has 0 bridgehead atoms. The van der Waals surface area contributed by atoms with Gasteiger partial charge >= 0.3 is 5.97 Å². The summed E-state index contributed by atoms with van der Waals surface area (Å²) in [5.41, 5.74) is 0.873. The Hall–Kier alpha value is -2.70. The molecule has 7 heteroatoms. The maximum absolute atomic E-state index is 12.2. The molecule has 3 rings (SSSR count). The first-order valence-electron chi connectivity index (χ1n) is 7.12. The highest BCUT2D eigenvalue weighted by Gasteiger charge is 2.33. The Bertz CT molecular complexity index is 683. The molecule has 1 amide bonds. The summed E-state index contributed by atoms with van der Waals surface area (Å²) in [6.45, 7) is 0.486. The van der Waals surface area contributed by atoms with E-state index in [9.17, 15) is 9.59 Å². The minimum absolute atomic E-state index is 0.00358. The number of benzene rings is 1. The topological polar surface area (TPSA) is 88.3 Å². The van der Waals surface area contributed by atoms with E-state index in [0.717, 1.165) is 12.0 Å². The van der Waals surface area contributed by atoms with Gasteiger partial charge in [-0.2, -0.15) is 5.10 Å². The third-order valence-corrected chi connectivity index (χ3v) is 3.72. The lowest BCUT2D eigenvalue weighted by molar-refractivity contribution is -0.148. The van der Waals surface area contributed by atoms with Crippen molar-refractivity contribution in [3.8, 4) is 11.4 Å². The summed E-state index contributed by atoms with van der Waals surface area (Å²) >= 11 is 0. The Labute approximate surface area is 127 Å². The van der Waals surface area contributed by atoms with Gasteiger partial charge in [0.1, 0.15) is 18.9 Å². The van der Waals surface area contributed by atoms with Crippen LogP contribution in [0.5, 0.6) is 0 Å². The summed E-state index contributed by atoms with van der Waals surface area (Å²) in [6, 6.07) is 8.75. The molecule has 1 aliphatic heterocycles. The van der Waals surface area contributed by atoms with Gasteiger partial charge in [-0.25, -0.2) is 14.5 Å². The second-order valence-corrected chi connectivity index (χ2v) is 5.22. The van der Waals surface area contributed by atoms with Crippen molar-refractivity contribution in [3.63, 3.8) is 0 Å². The number of carbonyl (C=O) groups is 2. The number of aromatic nitrogens is 3. The van der Waals surface area contributed by atoms with Crippen LogP contribution in [0, 0.1) is 0 Å². The van der Waals surface area contributed by atoms with Crippen LogP contribution < -0.4 is 0 Å². The monoisotopic (exact) mass is 300 g/mol. The van der Waals surface area contributed by atoms with E-state index in [2.05, 4.69) is 10.1 Å². The maximum atomic E-state index is 12.2. The van der Waals surface area contributed by atoms with Crippen LogP contribution in [0.3, 0.4) is 0 Å². The van der Waals surface area contributed by atoms with Crippen molar-refractivity contribution in [2.75, 3.05) is 6.54 Å². The fraction of sp³-hybridized carbons (Fsp3) is 0.333. The van der Waals surface area contributed by atoms with Crippen molar-refractivity contribution in [1.29, 1.82) is 0 Å². The van der Waals surface area contributed by atoms with Gasteiger partial charge < -0.3 is 10.0 Å². The standard InChI is InChI=1S/C15H16N4O3/c20-13(19-8-4-7-12(19)15(21)22)9-18-10-16-14(17-18)11-5-2-1-3-6-11/h1-3,5-6,10,12H,4,7-9H2,(H,21,22). The van der Waals surface area contributed by atoms with Crippen LogP contribution in [0.4, 0.5) is 0 Å². The number of carbonyl (C=O) groups excluding carboxylic acids is 1. The fourth-order valence-electron chi connectivity index (χ4n) is 2.64. The third-order valence-electron chi connectivity index (χ3n) is 3.72. The van der Waals surface area contributed by atoms with Gasteiger partial charge in [0.25, 0.3) is 0 Å². The van der Waals surface area contributed by atoms with Crippen LogP contribution in [-0.4, -0.2) is 49.2 Å². The van der Waals surface area contributed by atoms with Crippen LogP contribution in [0.15, 0.2) is 36.7 Å². The van der Waals surface area contributed by atoms with Gasteiger partial charge in [0, 0.05) is 12.1 Å². The Kier molecular flexibility index (Phi) is 3.86. The average Bonchev–Trinajstić information content (AvgIpc) is 3.17. The van der Waals surface area contributed by atoms with Gasteiger partial charge in [-0.15, -0.1) is 0 Å². The SMILES string of the molecule is O=C(O)C1CCCN1C(=O)Cn1cnc(-c2ccccc2)n1. The van der Waals surface area contributed by atoms with Crippen LogP contribution in [0.2, 0.25) is 0 Å². The number of aliphatic carboxylic acids is 1. The molecule has 1 aromatic carbocycles. The Morgan fingerprint density at radius 3 is 2.77 bits per heavy atom. The molecule has 2 heterocycles. The molecule has 0 saturated carbocycles. The number of hydrogen-bond acceptors (Lipinski definition) is 4. The van der Waals surface area contributed by atoms with E-state index in [4.69, 9.17) is 5.11 Å². The van der Waals surface area contributed by atoms with Crippen molar-refractivity contribution in [1.82, 2.24) is 19.7 Å². The van der Waals surface area contributed by atoms with Crippen molar-refractivity contribution < 1.29 is 14.7 Å². The lowest BCUT2D eigenvalue weighted by Crippen LogP contribution is -2.42. The number of hydrogen-bond donors (Lipinski definition) is 1. The molecular weight excluding hydrogens is 284 g/mol. The Morgan fingerprint density at radius 1 is 1.27 bits per heavy atom. The zero-order chi connectivity index (χ0) is 15.5. The molecule has 1 unspecified atom stereocenters. The minimum Gasteiger partial charge on any atom is -0.480 e. The van der Waals surface area contributed by atoms with Crippen molar-refractivity contribution in [3.05, 3.63) is 36.7 Å². The van der Waals surface area contributed by atoms with E-state index in [0.29, 0.717) is 18.8 Å². The number of likely N-dealkylation sites (tertiary alicyclic amines) is 1. The van der Waals surface area contributed by atoms with Crippen LogP contribution in [-0.2, 0) is 16.1 Å². The molecular formula is C15H16N4O3. The number of nitrogens with zero attached hydrogens (tertiary/aromatic N) is 4. The van der Waals surface area contributed by atoms with Gasteiger partial charge in [0.2, 0.25) is 5.91 Å². The van der Waals surface area contributed by atoms with Gasteiger partial charge in [-0.3, -0.25) is 4.79 Å². The summed E-state index contributed by atoms with van der Waals surface area (Å²) in [5.74, 6) is -0.645. The molecule has 114 valence electrons. The van der Waals surface area contributed by atoms with Gasteiger partial charge in [-0.1, -0.05) is 30.3 Å². The van der Waals surface area contributed by atoms with E-state index in [1.54, 1.807) is 0 Å². The fourth-order valence-corrected chi connectivity index (χ4v) is 2.64. The molecule has 22 heavy (non-hydrogen) atoms. The predicted octanol–water partition coefficient (Wildman–Crippen LogP) is 1.02. The molecule has 1 saturated heterocycles. The van der Waals surface area contributed by atoms with E-state index >= 15 is 0 Å². The zero-order valence-electron chi connectivity index (χ0n) is 11.9. The summed E-state index contributed by atoms with van der Waals surface area (Å²) < 4.78 is 1.45. The lowest BCUT2D eigenvalue weighted by atomic mass is 10.2. The van der Waals surface area contributed by atoms with E-state index in [-0.39, 0.29) is 12.5 Å². The number of rotatable bonds is 4. The molecule has 1 N–H and O–H groups in total. The molecule has 7 nitrogen and oxygen atoms in total. The van der Waals surface area contributed by atoms with E-state index in [1.165, 1.54) is 15.9 Å². The summed E-state index contributed by atoms with van der Waals surface area (Å²) in [5, 5.41) is 13.4. The first kappa shape index (κ1) is 14.2. The maximum Gasteiger partial charge on any atom is 0.326 e.